The third kappa shape index (κ3) is 3.15. The Morgan fingerprint density at radius 2 is 2.05 bits per heavy atom. The van der Waals surface area contributed by atoms with Gasteiger partial charge in [-0.25, -0.2) is 0 Å². The van der Waals surface area contributed by atoms with Crippen LogP contribution in [0.2, 0.25) is 0 Å². The first kappa shape index (κ1) is 14.5. The number of amides is 2. The Morgan fingerprint density at radius 1 is 1.35 bits per heavy atom. The highest BCUT2D eigenvalue weighted by Gasteiger charge is 2.39. The number of aromatic nitrogens is 1. The first-order chi connectivity index (χ1) is 9.27. The normalized spacial score (nSPS) is 20.0. The molecule has 1 atom stereocenters. The third-order valence-electron chi connectivity index (χ3n) is 3.41. The van der Waals surface area contributed by atoms with Crippen molar-refractivity contribution in [1.82, 2.24) is 15.2 Å². The van der Waals surface area contributed by atoms with Crippen molar-refractivity contribution in [2.24, 2.45) is 5.41 Å². The topological polar surface area (TPSA) is 62.3 Å². The molecule has 0 spiro atoms. The van der Waals surface area contributed by atoms with Crippen molar-refractivity contribution < 1.29 is 9.59 Å². The molecule has 0 radical (unpaired) electrons. The summed E-state index contributed by atoms with van der Waals surface area (Å²) >= 11 is 0. The van der Waals surface area contributed by atoms with Crippen LogP contribution in [0, 0.1) is 12.3 Å². The molecule has 1 aliphatic heterocycles. The number of rotatable bonds is 2. The summed E-state index contributed by atoms with van der Waals surface area (Å²) in [5, 5.41) is 2.79. The fraction of sp³-hybridized carbons (Fsp3) is 0.533. The fourth-order valence-electron chi connectivity index (χ4n) is 2.24. The number of piperazine rings is 1. The number of carbonyl (C=O) groups is 2. The van der Waals surface area contributed by atoms with Gasteiger partial charge in [0.2, 0.25) is 11.8 Å². The summed E-state index contributed by atoms with van der Waals surface area (Å²) < 4.78 is 0. The minimum absolute atomic E-state index is 0.0299. The molecule has 2 heterocycles. The third-order valence-corrected chi connectivity index (χ3v) is 3.41. The lowest BCUT2D eigenvalue weighted by Gasteiger charge is -2.38. The molecule has 0 saturated carbocycles. The molecule has 108 valence electrons. The minimum atomic E-state index is -0.470. The van der Waals surface area contributed by atoms with Gasteiger partial charge >= 0.3 is 0 Å². The number of nitrogens with one attached hydrogen (secondary N) is 1. The highest BCUT2D eigenvalue weighted by atomic mass is 16.2. The Hall–Kier alpha value is -1.91. The zero-order chi connectivity index (χ0) is 14.9. The molecule has 1 aromatic heterocycles. The molecule has 1 aliphatic rings. The Labute approximate surface area is 119 Å². The van der Waals surface area contributed by atoms with Crippen LogP contribution < -0.4 is 5.32 Å². The number of hydrogen-bond donors (Lipinski definition) is 1. The highest BCUT2D eigenvalue weighted by Crippen LogP contribution is 2.24. The first-order valence-corrected chi connectivity index (χ1v) is 6.77. The molecule has 1 aromatic rings. The summed E-state index contributed by atoms with van der Waals surface area (Å²) in [6.07, 6.45) is 1.75. The summed E-state index contributed by atoms with van der Waals surface area (Å²) in [4.78, 5) is 30.1. The summed E-state index contributed by atoms with van der Waals surface area (Å²) in [6, 6.07) is 3.38. The first-order valence-electron chi connectivity index (χ1n) is 6.77. The number of hydrogen-bond acceptors (Lipinski definition) is 3. The van der Waals surface area contributed by atoms with Gasteiger partial charge in [0.15, 0.2) is 0 Å². The van der Waals surface area contributed by atoms with Gasteiger partial charge in [-0.3, -0.25) is 14.6 Å². The van der Waals surface area contributed by atoms with Crippen LogP contribution >= 0.6 is 0 Å². The van der Waals surface area contributed by atoms with Crippen LogP contribution in [0.3, 0.4) is 0 Å². The van der Waals surface area contributed by atoms with E-state index in [1.54, 1.807) is 11.1 Å². The number of carbonyl (C=O) groups excluding carboxylic acids is 2. The second kappa shape index (κ2) is 5.23. The van der Waals surface area contributed by atoms with Gasteiger partial charge in [0, 0.05) is 18.4 Å². The van der Waals surface area contributed by atoms with E-state index < -0.39 is 6.04 Å². The summed E-state index contributed by atoms with van der Waals surface area (Å²) in [5.74, 6) is -0.137. The predicted octanol–water partition coefficient (Wildman–Crippen LogP) is 1.26. The second-order valence-electron chi connectivity index (χ2n) is 6.37. The monoisotopic (exact) mass is 275 g/mol. The molecule has 0 bridgehead atoms. The van der Waals surface area contributed by atoms with E-state index in [1.807, 2.05) is 39.8 Å². The van der Waals surface area contributed by atoms with E-state index in [2.05, 4.69) is 10.3 Å². The summed E-state index contributed by atoms with van der Waals surface area (Å²) in [7, 11) is 0. The molecule has 1 saturated heterocycles. The average Bonchev–Trinajstić information content (AvgIpc) is 2.35. The Balaban J connectivity index is 2.16. The lowest BCUT2D eigenvalue weighted by atomic mass is 9.84. The molecule has 1 N–H and O–H groups in total. The molecule has 20 heavy (non-hydrogen) atoms. The van der Waals surface area contributed by atoms with Crippen molar-refractivity contribution in [3.63, 3.8) is 0 Å². The van der Waals surface area contributed by atoms with E-state index in [0.717, 1.165) is 11.3 Å². The fourth-order valence-corrected chi connectivity index (χ4v) is 2.24. The van der Waals surface area contributed by atoms with E-state index in [0.29, 0.717) is 6.54 Å². The van der Waals surface area contributed by atoms with Gasteiger partial charge in [-0.1, -0.05) is 26.8 Å². The van der Waals surface area contributed by atoms with Crippen LogP contribution in [-0.2, 0) is 16.1 Å². The van der Waals surface area contributed by atoms with Gasteiger partial charge in [-0.2, -0.15) is 0 Å². The Morgan fingerprint density at radius 3 is 2.60 bits per heavy atom. The van der Waals surface area contributed by atoms with Crippen molar-refractivity contribution in [2.75, 3.05) is 6.54 Å². The van der Waals surface area contributed by atoms with Crippen molar-refractivity contribution in [3.8, 4) is 0 Å². The predicted molar refractivity (Wildman–Crippen MR) is 75.8 cm³/mol. The van der Waals surface area contributed by atoms with Crippen LogP contribution in [0.25, 0.3) is 0 Å². The average molecular weight is 275 g/mol. The van der Waals surface area contributed by atoms with Crippen molar-refractivity contribution >= 4 is 11.8 Å². The standard InChI is InChI=1S/C15H21N3O2/c1-10-5-6-11(7-16-10)8-18-9-12(19)17-13(14(18)20)15(2,3)4/h5-7,13H,8-9H2,1-4H3,(H,17,19). The van der Waals surface area contributed by atoms with Crippen molar-refractivity contribution in [2.45, 2.75) is 40.3 Å². The quantitative estimate of drug-likeness (QED) is 0.884. The van der Waals surface area contributed by atoms with Crippen LogP contribution in [0.5, 0.6) is 0 Å². The Bertz CT molecular complexity index is 517. The molecule has 2 rings (SSSR count). The Kier molecular flexibility index (Phi) is 3.79. The van der Waals surface area contributed by atoms with E-state index >= 15 is 0 Å². The molecule has 5 nitrogen and oxygen atoms in total. The largest absolute Gasteiger partial charge is 0.342 e. The van der Waals surface area contributed by atoms with Crippen molar-refractivity contribution in [3.05, 3.63) is 29.6 Å². The minimum Gasteiger partial charge on any atom is -0.342 e. The highest BCUT2D eigenvalue weighted by molar-refractivity contribution is 5.95. The van der Waals surface area contributed by atoms with Gasteiger partial charge in [-0.15, -0.1) is 0 Å². The molecule has 1 fully saturated rings. The number of nitrogens with zero attached hydrogens (tertiary/aromatic N) is 2. The maximum Gasteiger partial charge on any atom is 0.246 e. The van der Waals surface area contributed by atoms with Gasteiger partial charge in [0.1, 0.15) is 6.04 Å². The van der Waals surface area contributed by atoms with Crippen LogP contribution in [0.4, 0.5) is 0 Å². The maximum atomic E-state index is 12.5. The van der Waals surface area contributed by atoms with Crippen LogP contribution in [0.15, 0.2) is 18.3 Å². The zero-order valence-corrected chi connectivity index (χ0v) is 12.4. The maximum absolute atomic E-state index is 12.5. The van der Waals surface area contributed by atoms with Gasteiger partial charge in [0.25, 0.3) is 0 Å². The molecule has 5 heteroatoms. The SMILES string of the molecule is Cc1ccc(CN2CC(=O)NC(C(C)(C)C)C2=O)cn1. The van der Waals surface area contributed by atoms with E-state index in [1.165, 1.54) is 0 Å². The molecular weight excluding hydrogens is 254 g/mol. The molecule has 0 aliphatic carbocycles. The van der Waals surface area contributed by atoms with Gasteiger partial charge in [0.05, 0.1) is 6.54 Å². The van der Waals surface area contributed by atoms with Crippen LogP contribution in [0.1, 0.15) is 32.0 Å². The number of pyridine rings is 1. The lowest BCUT2D eigenvalue weighted by molar-refractivity contribution is -0.147. The lowest BCUT2D eigenvalue weighted by Crippen LogP contribution is -2.61. The molecule has 0 aromatic carbocycles. The van der Waals surface area contributed by atoms with Crippen LogP contribution in [-0.4, -0.2) is 34.3 Å². The number of aryl methyl sites for hydroxylation is 1. The van der Waals surface area contributed by atoms with E-state index in [9.17, 15) is 9.59 Å². The molecule has 2 amide bonds. The summed E-state index contributed by atoms with van der Waals surface area (Å²) in [6.45, 7) is 8.30. The molecular formula is C15H21N3O2. The molecule has 1 unspecified atom stereocenters. The van der Waals surface area contributed by atoms with E-state index in [-0.39, 0.29) is 23.8 Å². The van der Waals surface area contributed by atoms with Crippen molar-refractivity contribution in [1.29, 1.82) is 0 Å². The zero-order valence-electron chi connectivity index (χ0n) is 12.4. The second-order valence-corrected chi connectivity index (χ2v) is 6.37. The summed E-state index contributed by atoms with van der Waals surface area (Å²) in [5.41, 5.74) is 1.58. The van der Waals surface area contributed by atoms with Gasteiger partial charge in [-0.05, 0) is 24.0 Å². The smallest absolute Gasteiger partial charge is 0.246 e. The van der Waals surface area contributed by atoms with Gasteiger partial charge < -0.3 is 10.2 Å². The van der Waals surface area contributed by atoms with E-state index in [4.69, 9.17) is 0 Å².